The summed E-state index contributed by atoms with van der Waals surface area (Å²) < 4.78 is 5.25. The molecule has 2 aromatic heterocycles. The zero-order chi connectivity index (χ0) is 17.1. The van der Waals surface area contributed by atoms with Crippen LogP contribution in [0.25, 0.3) is 10.3 Å². The van der Waals surface area contributed by atoms with E-state index in [0.717, 1.165) is 26.9 Å². The van der Waals surface area contributed by atoms with Gasteiger partial charge in [-0.3, -0.25) is 0 Å². The van der Waals surface area contributed by atoms with E-state index in [-0.39, 0.29) is 6.03 Å². The highest BCUT2D eigenvalue weighted by Crippen LogP contribution is 2.27. The molecule has 1 aliphatic heterocycles. The molecule has 1 aliphatic rings. The molecule has 0 spiro atoms. The number of amides is 2. The summed E-state index contributed by atoms with van der Waals surface area (Å²) in [6.07, 6.45) is 1.76. The molecular weight excluding hydrogens is 338 g/mol. The number of hydrogen-bond donors (Lipinski definition) is 2. The number of fused-ring (bicyclic) bond motifs is 1. The van der Waals surface area contributed by atoms with Crippen LogP contribution in [0.1, 0.15) is 0 Å². The van der Waals surface area contributed by atoms with Gasteiger partial charge < -0.3 is 20.3 Å². The number of morpholine rings is 1. The van der Waals surface area contributed by atoms with Crippen LogP contribution in [0.3, 0.4) is 0 Å². The maximum atomic E-state index is 12.2. The van der Waals surface area contributed by atoms with Crippen molar-refractivity contribution >= 4 is 44.2 Å². The number of nitrogens with zero attached hydrogens (tertiary/aromatic N) is 3. The lowest BCUT2D eigenvalue weighted by molar-refractivity contribution is 0.0564. The van der Waals surface area contributed by atoms with Crippen molar-refractivity contribution in [2.24, 2.45) is 0 Å². The number of pyridine rings is 1. The summed E-state index contributed by atoms with van der Waals surface area (Å²) in [6.45, 7) is 2.43. The van der Waals surface area contributed by atoms with Gasteiger partial charge in [0.25, 0.3) is 0 Å². The maximum absolute atomic E-state index is 12.2. The van der Waals surface area contributed by atoms with E-state index in [1.54, 1.807) is 11.1 Å². The number of urea groups is 1. The summed E-state index contributed by atoms with van der Waals surface area (Å²) in [5.41, 5.74) is 2.54. The van der Waals surface area contributed by atoms with Crippen LogP contribution in [0.4, 0.5) is 21.3 Å². The molecule has 0 aliphatic carbocycles. The number of rotatable bonds is 3. The molecule has 2 N–H and O–H groups in total. The van der Waals surface area contributed by atoms with E-state index in [1.807, 2.05) is 36.4 Å². The standard InChI is InChI=1S/C17H17N5O2S/c23-17(22-8-10-24-11-9-22)20-13-5-3-12(4-6-13)19-16-21-14-2-1-7-18-15(14)25-16/h1-7H,8-11H2,(H,19,21)(H,20,23). The van der Waals surface area contributed by atoms with E-state index in [1.165, 1.54) is 11.3 Å². The minimum atomic E-state index is -0.0961. The first kappa shape index (κ1) is 15.8. The predicted octanol–water partition coefficient (Wildman–Crippen LogP) is 3.30. The van der Waals surface area contributed by atoms with Crippen molar-refractivity contribution in [3.05, 3.63) is 42.6 Å². The Morgan fingerprint density at radius 2 is 1.88 bits per heavy atom. The second-order valence-corrected chi connectivity index (χ2v) is 6.56. The molecule has 7 nitrogen and oxygen atoms in total. The van der Waals surface area contributed by atoms with Gasteiger partial charge in [-0.2, -0.15) is 0 Å². The molecule has 1 saturated heterocycles. The molecule has 3 aromatic rings. The van der Waals surface area contributed by atoms with Gasteiger partial charge >= 0.3 is 6.03 Å². The van der Waals surface area contributed by atoms with Gasteiger partial charge in [0.1, 0.15) is 10.3 Å². The summed E-state index contributed by atoms with van der Waals surface area (Å²) in [5.74, 6) is 0. The normalized spacial score (nSPS) is 14.5. The van der Waals surface area contributed by atoms with Crippen molar-refractivity contribution < 1.29 is 9.53 Å². The summed E-state index contributed by atoms with van der Waals surface area (Å²) >= 11 is 1.50. The average molecular weight is 355 g/mol. The van der Waals surface area contributed by atoms with Gasteiger partial charge in [0.05, 0.1) is 13.2 Å². The summed E-state index contributed by atoms with van der Waals surface area (Å²) in [4.78, 5) is 23.6. The van der Waals surface area contributed by atoms with Gasteiger partial charge in [-0.05, 0) is 36.4 Å². The molecule has 0 atom stereocenters. The molecule has 0 unspecified atom stereocenters. The predicted molar refractivity (Wildman–Crippen MR) is 98.6 cm³/mol. The number of thiazole rings is 1. The summed E-state index contributed by atoms with van der Waals surface area (Å²) in [5, 5.41) is 6.96. The molecule has 128 valence electrons. The van der Waals surface area contributed by atoms with E-state index < -0.39 is 0 Å². The lowest BCUT2D eigenvalue weighted by atomic mass is 10.3. The molecule has 25 heavy (non-hydrogen) atoms. The summed E-state index contributed by atoms with van der Waals surface area (Å²) in [6, 6.07) is 11.3. The van der Waals surface area contributed by atoms with Gasteiger partial charge in [0, 0.05) is 30.7 Å². The monoisotopic (exact) mass is 355 g/mol. The van der Waals surface area contributed by atoms with Crippen LogP contribution in [0.15, 0.2) is 42.6 Å². The molecular formula is C17H17N5O2S. The Morgan fingerprint density at radius 1 is 1.12 bits per heavy atom. The molecule has 2 amide bonds. The molecule has 1 aromatic carbocycles. The van der Waals surface area contributed by atoms with Gasteiger partial charge in [0.15, 0.2) is 5.13 Å². The van der Waals surface area contributed by atoms with Gasteiger partial charge in [-0.15, -0.1) is 0 Å². The number of carbonyl (C=O) groups is 1. The van der Waals surface area contributed by atoms with Crippen LogP contribution in [-0.4, -0.2) is 47.2 Å². The molecule has 4 rings (SSSR count). The minimum Gasteiger partial charge on any atom is -0.378 e. The van der Waals surface area contributed by atoms with E-state index >= 15 is 0 Å². The van der Waals surface area contributed by atoms with Gasteiger partial charge in [0.2, 0.25) is 0 Å². The van der Waals surface area contributed by atoms with Crippen molar-refractivity contribution in [2.75, 3.05) is 36.9 Å². The Labute approximate surface area is 148 Å². The smallest absolute Gasteiger partial charge is 0.321 e. The second kappa shape index (κ2) is 7.04. The van der Waals surface area contributed by atoms with E-state index in [2.05, 4.69) is 20.6 Å². The van der Waals surface area contributed by atoms with Crippen LogP contribution in [-0.2, 0) is 4.74 Å². The summed E-state index contributed by atoms with van der Waals surface area (Å²) in [7, 11) is 0. The molecule has 3 heterocycles. The number of benzene rings is 1. The Kier molecular flexibility index (Phi) is 4.45. The molecule has 0 radical (unpaired) electrons. The number of hydrogen-bond acceptors (Lipinski definition) is 6. The Morgan fingerprint density at radius 3 is 2.64 bits per heavy atom. The highest BCUT2D eigenvalue weighted by atomic mass is 32.1. The number of aromatic nitrogens is 2. The minimum absolute atomic E-state index is 0.0961. The highest BCUT2D eigenvalue weighted by molar-refractivity contribution is 7.21. The lowest BCUT2D eigenvalue weighted by Crippen LogP contribution is -2.43. The van der Waals surface area contributed by atoms with Crippen LogP contribution >= 0.6 is 11.3 Å². The molecule has 1 fully saturated rings. The van der Waals surface area contributed by atoms with E-state index in [4.69, 9.17) is 4.74 Å². The Balaban J connectivity index is 1.40. The molecule has 0 bridgehead atoms. The third-order valence-electron chi connectivity index (χ3n) is 3.85. The quantitative estimate of drug-likeness (QED) is 0.754. The van der Waals surface area contributed by atoms with Crippen molar-refractivity contribution in [3.8, 4) is 0 Å². The fourth-order valence-electron chi connectivity index (χ4n) is 2.55. The number of nitrogens with one attached hydrogen (secondary N) is 2. The fraction of sp³-hybridized carbons (Fsp3) is 0.235. The third kappa shape index (κ3) is 3.70. The number of carbonyl (C=O) groups excluding carboxylic acids is 1. The average Bonchev–Trinajstić information content (AvgIpc) is 3.06. The topological polar surface area (TPSA) is 79.4 Å². The van der Waals surface area contributed by atoms with Crippen LogP contribution in [0.5, 0.6) is 0 Å². The highest BCUT2D eigenvalue weighted by Gasteiger charge is 2.16. The lowest BCUT2D eigenvalue weighted by Gasteiger charge is -2.26. The molecule has 0 saturated carbocycles. The maximum Gasteiger partial charge on any atom is 0.321 e. The van der Waals surface area contributed by atoms with Crippen molar-refractivity contribution in [2.45, 2.75) is 0 Å². The van der Waals surface area contributed by atoms with Crippen molar-refractivity contribution in [3.63, 3.8) is 0 Å². The first-order chi connectivity index (χ1) is 12.3. The van der Waals surface area contributed by atoms with Crippen LogP contribution in [0, 0.1) is 0 Å². The van der Waals surface area contributed by atoms with Crippen LogP contribution < -0.4 is 10.6 Å². The SMILES string of the molecule is O=C(Nc1ccc(Nc2nc3cccnc3s2)cc1)N1CCOCC1. The third-order valence-corrected chi connectivity index (χ3v) is 4.75. The zero-order valence-corrected chi connectivity index (χ0v) is 14.3. The zero-order valence-electron chi connectivity index (χ0n) is 13.4. The van der Waals surface area contributed by atoms with Crippen molar-refractivity contribution in [1.29, 1.82) is 0 Å². The Bertz CT molecular complexity index is 841. The first-order valence-electron chi connectivity index (χ1n) is 8.00. The van der Waals surface area contributed by atoms with E-state index in [9.17, 15) is 4.79 Å². The van der Waals surface area contributed by atoms with E-state index in [0.29, 0.717) is 26.3 Å². The number of ether oxygens (including phenoxy) is 1. The van der Waals surface area contributed by atoms with Gasteiger partial charge in [-0.1, -0.05) is 11.3 Å². The number of anilines is 3. The first-order valence-corrected chi connectivity index (χ1v) is 8.82. The second-order valence-electron chi connectivity index (χ2n) is 5.58. The molecule has 8 heteroatoms. The van der Waals surface area contributed by atoms with Crippen molar-refractivity contribution in [1.82, 2.24) is 14.9 Å². The van der Waals surface area contributed by atoms with Crippen LogP contribution in [0.2, 0.25) is 0 Å². The van der Waals surface area contributed by atoms with Gasteiger partial charge in [-0.25, -0.2) is 14.8 Å². The largest absolute Gasteiger partial charge is 0.378 e. The fourth-order valence-corrected chi connectivity index (χ4v) is 3.38. The Hall–Kier alpha value is -2.71.